The Morgan fingerprint density at radius 1 is 1.11 bits per heavy atom. The number of rotatable bonds is 4. The zero-order chi connectivity index (χ0) is 19.0. The maximum Gasteiger partial charge on any atom is 0.336 e. The van der Waals surface area contributed by atoms with Crippen LogP contribution >= 0.6 is 11.6 Å². The van der Waals surface area contributed by atoms with E-state index in [1.807, 2.05) is 36.4 Å². The first-order valence-electron chi connectivity index (χ1n) is 8.28. The second-order valence-electron chi connectivity index (χ2n) is 6.14. The van der Waals surface area contributed by atoms with Crippen molar-refractivity contribution in [3.8, 4) is 22.9 Å². The molecule has 0 saturated carbocycles. The van der Waals surface area contributed by atoms with Gasteiger partial charge < -0.3 is 14.8 Å². The van der Waals surface area contributed by atoms with Crippen molar-refractivity contribution in [1.29, 1.82) is 0 Å². The van der Waals surface area contributed by atoms with E-state index in [-0.39, 0.29) is 11.6 Å². The van der Waals surface area contributed by atoms with E-state index in [4.69, 9.17) is 16.3 Å². The van der Waals surface area contributed by atoms with Crippen molar-refractivity contribution < 1.29 is 14.6 Å². The number of carboxylic acids is 1. The number of aryl methyl sites for hydroxylation is 1. The summed E-state index contributed by atoms with van der Waals surface area (Å²) in [6, 6.07) is 18.7. The summed E-state index contributed by atoms with van der Waals surface area (Å²) in [5.41, 5.74) is 4.18. The topological polar surface area (TPSA) is 75.2 Å². The largest absolute Gasteiger partial charge is 0.478 e. The molecule has 0 aliphatic rings. The van der Waals surface area contributed by atoms with E-state index in [0.717, 1.165) is 16.6 Å². The molecule has 0 amide bonds. The van der Waals surface area contributed by atoms with Gasteiger partial charge >= 0.3 is 5.97 Å². The quantitative estimate of drug-likeness (QED) is 0.479. The van der Waals surface area contributed by atoms with Gasteiger partial charge in [0.1, 0.15) is 5.75 Å². The number of fused-ring (bicyclic) bond motifs is 1. The number of halogens is 1. The van der Waals surface area contributed by atoms with Crippen LogP contribution in [0.5, 0.6) is 11.8 Å². The summed E-state index contributed by atoms with van der Waals surface area (Å²) in [4.78, 5) is 18.8. The zero-order valence-corrected chi connectivity index (χ0v) is 15.1. The fraction of sp³-hybridized carbons (Fsp3) is 0.0476. The number of H-pyrrole nitrogens is 1. The van der Waals surface area contributed by atoms with Crippen LogP contribution in [0, 0.1) is 6.92 Å². The zero-order valence-electron chi connectivity index (χ0n) is 14.4. The fourth-order valence-electron chi connectivity index (χ4n) is 2.90. The molecule has 27 heavy (non-hydrogen) atoms. The number of imidazole rings is 1. The molecule has 0 aliphatic carbocycles. The Labute approximate surface area is 160 Å². The summed E-state index contributed by atoms with van der Waals surface area (Å²) >= 11 is 6.43. The SMILES string of the molecule is Cc1ccc(Oc2nc3cc(-c4ccccc4)c(Cl)cc3[nH]2)cc1C(=O)O. The second kappa shape index (κ2) is 6.78. The van der Waals surface area contributed by atoms with Crippen molar-refractivity contribution in [2.45, 2.75) is 6.92 Å². The molecule has 0 saturated heterocycles. The fourth-order valence-corrected chi connectivity index (χ4v) is 3.17. The van der Waals surface area contributed by atoms with Crippen molar-refractivity contribution in [1.82, 2.24) is 9.97 Å². The van der Waals surface area contributed by atoms with Crippen LogP contribution in [-0.2, 0) is 0 Å². The minimum atomic E-state index is -0.998. The maximum atomic E-state index is 11.3. The summed E-state index contributed by atoms with van der Waals surface area (Å²) in [7, 11) is 0. The molecule has 2 N–H and O–H groups in total. The van der Waals surface area contributed by atoms with Crippen molar-refractivity contribution >= 4 is 28.6 Å². The predicted octanol–water partition coefficient (Wildman–Crippen LogP) is 5.68. The molecule has 0 atom stereocenters. The molecule has 0 radical (unpaired) electrons. The van der Waals surface area contributed by atoms with Gasteiger partial charge in [0, 0.05) is 5.56 Å². The molecule has 1 heterocycles. The molecule has 0 unspecified atom stereocenters. The van der Waals surface area contributed by atoms with Crippen molar-refractivity contribution in [2.75, 3.05) is 0 Å². The van der Waals surface area contributed by atoms with Gasteiger partial charge in [-0.1, -0.05) is 48.0 Å². The lowest BCUT2D eigenvalue weighted by Gasteiger charge is -2.05. The van der Waals surface area contributed by atoms with Crippen molar-refractivity contribution in [3.05, 3.63) is 76.8 Å². The molecular weight excluding hydrogens is 364 g/mol. The van der Waals surface area contributed by atoms with Crippen LogP contribution in [0.1, 0.15) is 15.9 Å². The third-order valence-corrected chi connectivity index (χ3v) is 4.60. The maximum absolute atomic E-state index is 11.3. The van der Waals surface area contributed by atoms with Gasteiger partial charge in [0.2, 0.25) is 0 Å². The molecule has 0 bridgehead atoms. The van der Waals surface area contributed by atoms with Gasteiger partial charge in [-0.2, -0.15) is 4.98 Å². The standard InChI is InChI=1S/C21H15ClN2O3/c1-12-7-8-14(9-15(12)20(25)26)27-21-23-18-10-16(13-5-3-2-4-6-13)17(22)11-19(18)24-21/h2-11H,1H3,(H,23,24)(H,25,26). The smallest absolute Gasteiger partial charge is 0.336 e. The third-order valence-electron chi connectivity index (χ3n) is 4.29. The normalized spacial score (nSPS) is 10.9. The minimum absolute atomic E-state index is 0.193. The second-order valence-corrected chi connectivity index (χ2v) is 6.55. The van der Waals surface area contributed by atoms with Crippen molar-refractivity contribution in [2.24, 2.45) is 0 Å². The third kappa shape index (κ3) is 3.37. The number of hydrogen-bond donors (Lipinski definition) is 2. The number of benzene rings is 3. The Bertz CT molecular complexity index is 1150. The Kier molecular flexibility index (Phi) is 4.30. The number of aromatic carboxylic acids is 1. The van der Waals surface area contributed by atoms with Crippen LogP contribution in [-0.4, -0.2) is 21.0 Å². The van der Waals surface area contributed by atoms with E-state index in [1.54, 1.807) is 25.1 Å². The number of aromatic nitrogens is 2. The van der Waals surface area contributed by atoms with E-state index in [0.29, 0.717) is 21.9 Å². The molecule has 1 aromatic heterocycles. The molecule has 4 aromatic rings. The number of carboxylic acid groups (broad SMARTS) is 1. The number of aromatic amines is 1. The van der Waals surface area contributed by atoms with E-state index in [9.17, 15) is 9.90 Å². The van der Waals surface area contributed by atoms with Gasteiger partial charge in [-0.15, -0.1) is 0 Å². The Balaban J connectivity index is 1.70. The Morgan fingerprint density at radius 2 is 1.89 bits per heavy atom. The molecule has 0 fully saturated rings. The lowest BCUT2D eigenvalue weighted by atomic mass is 10.1. The lowest BCUT2D eigenvalue weighted by molar-refractivity contribution is 0.0695. The number of nitrogens with one attached hydrogen (secondary N) is 1. The molecule has 0 aliphatic heterocycles. The molecule has 0 spiro atoms. The van der Waals surface area contributed by atoms with Gasteiger partial charge in [0.05, 0.1) is 21.6 Å². The van der Waals surface area contributed by atoms with Crippen LogP contribution in [0.3, 0.4) is 0 Å². The summed E-state index contributed by atoms with van der Waals surface area (Å²) in [6.07, 6.45) is 0. The average molecular weight is 379 g/mol. The highest BCUT2D eigenvalue weighted by atomic mass is 35.5. The van der Waals surface area contributed by atoms with Gasteiger partial charge in [-0.25, -0.2) is 4.79 Å². The molecular formula is C21H15ClN2O3. The number of nitrogens with zero attached hydrogens (tertiary/aromatic N) is 1. The Morgan fingerprint density at radius 3 is 2.63 bits per heavy atom. The molecule has 6 heteroatoms. The van der Waals surface area contributed by atoms with Crippen LogP contribution < -0.4 is 4.74 Å². The monoisotopic (exact) mass is 378 g/mol. The van der Waals surface area contributed by atoms with E-state index >= 15 is 0 Å². The minimum Gasteiger partial charge on any atom is -0.478 e. The van der Waals surface area contributed by atoms with Gasteiger partial charge in [0.15, 0.2) is 0 Å². The highest BCUT2D eigenvalue weighted by Gasteiger charge is 2.13. The lowest BCUT2D eigenvalue weighted by Crippen LogP contribution is -2.00. The highest BCUT2D eigenvalue weighted by molar-refractivity contribution is 6.34. The van der Waals surface area contributed by atoms with E-state index in [1.165, 1.54) is 6.07 Å². The average Bonchev–Trinajstić information content (AvgIpc) is 3.04. The predicted molar refractivity (Wildman–Crippen MR) is 105 cm³/mol. The van der Waals surface area contributed by atoms with E-state index in [2.05, 4.69) is 9.97 Å². The molecule has 3 aromatic carbocycles. The summed E-state index contributed by atoms with van der Waals surface area (Å²) in [6.45, 7) is 1.74. The number of ether oxygens (including phenoxy) is 1. The van der Waals surface area contributed by atoms with Gasteiger partial charge in [0.25, 0.3) is 6.01 Å². The van der Waals surface area contributed by atoms with Gasteiger partial charge in [-0.05, 0) is 42.3 Å². The number of hydrogen-bond acceptors (Lipinski definition) is 3. The van der Waals surface area contributed by atoms with Crippen LogP contribution in [0.25, 0.3) is 22.2 Å². The van der Waals surface area contributed by atoms with Crippen LogP contribution in [0.15, 0.2) is 60.7 Å². The first-order valence-corrected chi connectivity index (χ1v) is 8.65. The summed E-state index contributed by atoms with van der Waals surface area (Å²) < 4.78 is 5.72. The van der Waals surface area contributed by atoms with Crippen LogP contribution in [0.4, 0.5) is 0 Å². The molecule has 4 rings (SSSR count). The number of carbonyl (C=O) groups is 1. The molecule has 134 valence electrons. The summed E-state index contributed by atoms with van der Waals surface area (Å²) in [5, 5.41) is 9.85. The first kappa shape index (κ1) is 17.1. The van der Waals surface area contributed by atoms with Gasteiger partial charge in [-0.3, -0.25) is 0 Å². The summed E-state index contributed by atoms with van der Waals surface area (Å²) in [5.74, 6) is -0.603. The molecule has 5 nitrogen and oxygen atoms in total. The Hall–Kier alpha value is -3.31. The van der Waals surface area contributed by atoms with E-state index < -0.39 is 5.97 Å². The highest BCUT2D eigenvalue weighted by Crippen LogP contribution is 2.33. The van der Waals surface area contributed by atoms with Crippen molar-refractivity contribution in [3.63, 3.8) is 0 Å². The van der Waals surface area contributed by atoms with Crippen LogP contribution in [0.2, 0.25) is 5.02 Å². The first-order chi connectivity index (χ1) is 13.0.